The lowest BCUT2D eigenvalue weighted by Gasteiger charge is -2.30. The molecule has 3 rings (SSSR count). The molecule has 1 N–H and O–H groups in total. The molecule has 172 valence electrons. The third-order valence-corrected chi connectivity index (χ3v) is 7.68. The molecule has 2 amide bonds. The smallest absolute Gasteiger partial charge is 0.242 e. The number of hydrogen-bond acceptors (Lipinski definition) is 3. The molecule has 0 bridgehead atoms. The topological polar surface area (TPSA) is 49.4 Å². The molecule has 0 aromatic heterocycles. The number of carbonyl (C=O) groups is 2. The van der Waals surface area contributed by atoms with Gasteiger partial charge in [0.25, 0.3) is 0 Å². The van der Waals surface area contributed by atoms with Crippen LogP contribution < -0.4 is 5.32 Å². The predicted octanol–water partition coefficient (Wildman–Crippen LogP) is 6.01. The Labute approximate surface area is 205 Å². The van der Waals surface area contributed by atoms with Crippen LogP contribution in [0.25, 0.3) is 0 Å². The third kappa shape index (κ3) is 6.90. The second kappa shape index (κ2) is 12.0. The molecule has 1 atom stereocenters. The fourth-order valence-corrected chi connectivity index (χ4v) is 5.09. The minimum Gasteiger partial charge on any atom is -0.352 e. The van der Waals surface area contributed by atoms with Crippen molar-refractivity contribution in [3.05, 3.63) is 69.2 Å². The molecule has 1 aliphatic rings. The maximum absolute atomic E-state index is 13.2. The Morgan fingerprint density at radius 1 is 1.12 bits per heavy atom. The van der Waals surface area contributed by atoms with E-state index in [1.54, 1.807) is 11.0 Å². The lowest BCUT2D eigenvalue weighted by molar-refractivity contribution is -0.139. The van der Waals surface area contributed by atoms with Crippen molar-refractivity contribution >= 4 is 46.8 Å². The molecule has 1 saturated carbocycles. The summed E-state index contributed by atoms with van der Waals surface area (Å²) in [6.45, 7) is 4.27. The van der Waals surface area contributed by atoms with E-state index >= 15 is 0 Å². The van der Waals surface area contributed by atoms with E-state index < -0.39 is 6.04 Å². The lowest BCUT2D eigenvalue weighted by Crippen LogP contribution is -2.50. The molecule has 0 heterocycles. The maximum atomic E-state index is 13.2. The van der Waals surface area contributed by atoms with E-state index in [9.17, 15) is 9.59 Å². The van der Waals surface area contributed by atoms with Crippen molar-refractivity contribution < 1.29 is 9.59 Å². The number of nitrogens with zero attached hydrogens (tertiary/aromatic N) is 1. The summed E-state index contributed by atoms with van der Waals surface area (Å²) in [4.78, 5) is 27.9. The van der Waals surface area contributed by atoms with Gasteiger partial charge in [0.1, 0.15) is 6.04 Å². The molecule has 1 aliphatic carbocycles. The van der Waals surface area contributed by atoms with Crippen molar-refractivity contribution in [2.24, 2.45) is 0 Å². The Kier molecular flexibility index (Phi) is 9.33. The number of rotatable bonds is 9. The number of hydrogen-bond donors (Lipinski definition) is 1. The molecule has 1 fully saturated rings. The first kappa shape index (κ1) is 24.9. The summed E-state index contributed by atoms with van der Waals surface area (Å²) < 4.78 is 0. The third-order valence-electron chi connectivity index (χ3n) is 5.95. The molecule has 0 aliphatic heterocycles. The number of carbonyl (C=O) groups excluding carboxylic acids is 2. The summed E-state index contributed by atoms with van der Waals surface area (Å²) >= 11 is 13.6. The quantitative estimate of drug-likeness (QED) is 0.466. The van der Waals surface area contributed by atoms with E-state index in [-0.39, 0.29) is 23.6 Å². The van der Waals surface area contributed by atoms with Crippen LogP contribution in [0.2, 0.25) is 10.0 Å². The van der Waals surface area contributed by atoms with E-state index in [0.29, 0.717) is 22.3 Å². The lowest BCUT2D eigenvalue weighted by atomic mass is 10.1. The molecule has 0 spiro atoms. The van der Waals surface area contributed by atoms with Crippen LogP contribution in [0, 0.1) is 6.92 Å². The van der Waals surface area contributed by atoms with Gasteiger partial charge in [-0.2, -0.15) is 0 Å². The van der Waals surface area contributed by atoms with Gasteiger partial charge in [-0.15, -0.1) is 11.8 Å². The molecule has 7 heteroatoms. The van der Waals surface area contributed by atoms with Gasteiger partial charge in [0.2, 0.25) is 11.8 Å². The van der Waals surface area contributed by atoms with Gasteiger partial charge in [0, 0.05) is 18.3 Å². The van der Waals surface area contributed by atoms with Crippen LogP contribution in [0.4, 0.5) is 0 Å². The second-order valence-electron chi connectivity index (χ2n) is 8.36. The molecule has 4 nitrogen and oxygen atoms in total. The summed E-state index contributed by atoms with van der Waals surface area (Å²) in [5.74, 6) is 0.803. The highest BCUT2D eigenvalue weighted by atomic mass is 35.5. The van der Waals surface area contributed by atoms with E-state index in [1.165, 1.54) is 11.8 Å². The van der Waals surface area contributed by atoms with Gasteiger partial charge < -0.3 is 10.2 Å². The average molecular weight is 494 g/mol. The van der Waals surface area contributed by atoms with Gasteiger partial charge in [-0.05, 0) is 55.5 Å². The Morgan fingerprint density at radius 3 is 2.53 bits per heavy atom. The van der Waals surface area contributed by atoms with Crippen LogP contribution in [0.1, 0.15) is 49.3 Å². The fourth-order valence-electron chi connectivity index (χ4n) is 3.91. The van der Waals surface area contributed by atoms with Crippen molar-refractivity contribution in [2.75, 3.05) is 5.75 Å². The summed E-state index contributed by atoms with van der Waals surface area (Å²) in [5.41, 5.74) is 3.17. The summed E-state index contributed by atoms with van der Waals surface area (Å²) in [5, 5.41) is 4.17. The molecular weight excluding hydrogens is 463 g/mol. The highest BCUT2D eigenvalue weighted by Gasteiger charge is 2.28. The normalized spacial score (nSPS) is 14.9. The van der Waals surface area contributed by atoms with Gasteiger partial charge in [0.05, 0.1) is 15.8 Å². The van der Waals surface area contributed by atoms with Crippen LogP contribution in [0.15, 0.2) is 42.5 Å². The molecule has 2 aromatic rings. The fraction of sp³-hybridized carbons (Fsp3) is 0.440. The van der Waals surface area contributed by atoms with Crippen LogP contribution in [-0.4, -0.2) is 34.6 Å². The van der Waals surface area contributed by atoms with E-state index in [2.05, 4.69) is 5.32 Å². The standard InChI is InChI=1S/C25H30Cl2N2O2S/c1-17-7-3-4-8-20(17)14-29(18(2)25(31)28-21-9-5-6-10-21)24(30)16-32-15-19-11-12-22(26)23(27)13-19/h3-4,7-8,11-13,18,21H,5-6,9-10,14-16H2,1-2H3,(H,28,31). The molecular formula is C25H30Cl2N2O2S. The van der Waals surface area contributed by atoms with Crippen LogP contribution in [0.5, 0.6) is 0 Å². The Balaban J connectivity index is 1.66. The van der Waals surface area contributed by atoms with Gasteiger partial charge in [0.15, 0.2) is 0 Å². The first-order chi connectivity index (χ1) is 15.3. The Hall–Kier alpha value is -1.69. The van der Waals surface area contributed by atoms with Crippen LogP contribution in [0.3, 0.4) is 0 Å². The minimum atomic E-state index is -0.534. The predicted molar refractivity (Wildman–Crippen MR) is 134 cm³/mol. The molecule has 32 heavy (non-hydrogen) atoms. The Bertz CT molecular complexity index is 947. The highest BCUT2D eigenvalue weighted by Crippen LogP contribution is 2.25. The maximum Gasteiger partial charge on any atom is 0.242 e. The van der Waals surface area contributed by atoms with Crippen molar-refractivity contribution in [2.45, 2.75) is 63.9 Å². The zero-order valence-electron chi connectivity index (χ0n) is 18.6. The van der Waals surface area contributed by atoms with Gasteiger partial charge in [-0.3, -0.25) is 9.59 Å². The van der Waals surface area contributed by atoms with E-state index in [1.807, 2.05) is 50.2 Å². The average Bonchev–Trinajstić information content (AvgIpc) is 3.28. The van der Waals surface area contributed by atoms with Crippen molar-refractivity contribution in [1.29, 1.82) is 0 Å². The molecule has 0 radical (unpaired) electrons. The largest absolute Gasteiger partial charge is 0.352 e. The van der Waals surface area contributed by atoms with E-state index in [0.717, 1.165) is 42.4 Å². The number of amides is 2. The highest BCUT2D eigenvalue weighted by molar-refractivity contribution is 7.99. The number of benzene rings is 2. The van der Waals surface area contributed by atoms with Crippen molar-refractivity contribution in [3.63, 3.8) is 0 Å². The number of halogens is 2. The number of thioether (sulfide) groups is 1. The first-order valence-electron chi connectivity index (χ1n) is 11.0. The summed E-state index contributed by atoms with van der Waals surface area (Å²) in [7, 11) is 0. The first-order valence-corrected chi connectivity index (χ1v) is 12.9. The van der Waals surface area contributed by atoms with Gasteiger partial charge in [-0.1, -0.05) is 66.4 Å². The minimum absolute atomic E-state index is 0.0487. The van der Waals surface area contributed by atoms with Gasteiger partial charge in [-0.25, -0.2) is 0 Å². The zero-order chi connectivity index (χ0) is 23.1. The summed E-state index contributed by atoms with van der Waals surface area (Å²) in [6.07, 6.45) is 4.33. The number of nitrogens with one attached hydrogen (secondary N) is 1. The summed E-state index contributed by atoms with van der Waals surface area (Å²) in [6, 6.07) is 13.2. The van der Waals surface area contributed by atoms with E-state index in [4.69, 9.17) is 23.2 Å². The monoisotopic (exact) mass is 492 g/mol. The number of aryl methyl sites for hydroxylation is 1. The Morgan fingerprint density at radius 2 is 1.84 bits per heavy atom. The SMILES string of the molecule is Cc1ccccc1CN(C(=O)CSCc1ccc(Cl)c(Cl)c1)C(C)C(=O)NC1CCCC1. The molecule has 1 unspecified atom stereocenters. The zero-order valence-corrected chi connectivity index (χ0v) is 20.9. The molecule has 0 saturated heterocycles. The molecule has 2 aromatic carbocycles. The van der Waals surface area contributed by atoms with Crippen LogP contribution >= 0.6 is 35.0 Å². The van der Waals surface area contributed by atoms with Crippen LogP contribution in [-0.2, 0) is 21.9 Å². The van der Waals surface area contributed by atoms with Crippen molar-refractivity contribution in [1.82, 2.24) is 10.2 Å². The van der Waals surface area contributed by atoms with Crippen molar-refractivity contribution in [3.8, 4) is 0 Å². The second-order valence-corrected chi connectivity index (χ2v) is 10.2. The van der Waals surface area contributed by atoms with Gasteiger partial charge >= 0.3 is 0 Å².